The molecular weight excluding hydrogens is 263 g/mol. The van der Waals surface area contributed by atoms with E-state index in [9.17, 15) is 4.39 Å². The van der Waals surface area contributed by atoms with E-state index in [1.54, 1.807) is 6.07 Å². The Morgan fingerprint density at radius 2 is 1.89 bits per heavy atom. The first kappa shape index (κ1) is 14.0. The van der Waals surface area contributed by atoms with Crippen LogP contribution in [0.5, 0.6) is 0 Å². The van der Waals surface area contributed by atoms with E-state index in [0.29, 0.717) is 10.6 Å². The molecule has 0 saturated heterocycles. The van der Waals surface area contributed by atoms with E-state index in [4.69, 9.17) is 17.4 Å². The van der Waals surface area contributed by atoms with Crippen LogP contribution in [0.1, 0.15) is 28.3 Å². The van der Waals surface area contributed by atoms with Crippen molar-refractivity contribution < 1.29 is 4.39 Å². The molecule has 0 fully saturated rings. The van der Waals surface area contributed by atoms with Crippen LogP contribution in [0, 0.1) is 19.7 Å². The third kappa shape index (κ3) is 2.78. The van der Waals surface area contributed by atoms with Crippen molar-refractivity contribution in [2.24, 2.45) is 5.84 Å². The lowest BCUT2D eigenvalue weighted by Crippen LogP contribution is -2.30. The second kappa shape index (κ2) is 5.70. The molecule has 0 spiro atoms. The number of halogens is 2. The fraction of sp³-hybridized carbons (Fsp3) is 0.200. The topological polar surface area (TPSA) is 38.0 Å². The molecule has 0 aliphatic carbocycles. The molecule has 2 rings (SSSR count). The summed E-state index contributed by atoms with van der Waals surface area (Å²) in [7, 11) is 0. The van der Waals surface area contributed by atoms with Gasteiger partial charge in [0, 0.05) is 10.6 Å². The summed E-state index contributed by atoms with van der Waals surface area (Å²) < 4.78 is 14.2. The van der Waals surface area contributed by atoms with Crippen molar-refractivity contribution >= 4 is 11.6 Å². The van der Waals surface area contributed by atoms with Crippen molar-refractivity contribution in [1.29, 1.82) is 0 Å². The van der Waals surface area contributed by atoms with Crippen molar-refractivity contribution in [2.75, 3.05) is 0 Å². The summed E-state index contributed by atoms with van der Waals surface area (Å²) in [6, 6.07) is 10.3. The van der Waals surface area contributed by atoms with Gasteiger partial charge in [0.2, 0.25) is 0 Å². The minimum absolute atomic E-state index is 0.277. The lowest BCUT2D eigenvalue weighted by molar-refractivity contribution is 0.556. The molecule has 1 atom stereocenters. The second-order valence-electron chi connectivity index (χ2n) is 4.60. The molecule has 0 heterocycles. The van der Waals surface area contributed by atoms with E-state index in [1.165, 1.54) is 6.07 Å². The van der Waals surface area contributed by atoms with Crippen molar-refractivity contribution in [2.45, 2.75) is 19.9 Å². The molecular formula is C15H16ClFN2. The molecule has 2 aromatic rings. The highest BCUT2D eigenvalue weighted by Gasteiger charge is 2.21. The quantitative estimate of drug-likeness (QED) is 0.664. The molecule has 0 saturated carbocycles. The predicted molar refractivity (Wildman–Crippen MR) is 76.5 cm³/mol. The summed E-state index contributed by atoms with van der Waals surface area (Å²) in [4.78, 5) is 0. The van der Waals surface area contributed by atoms with Gasteiger partial charge in [0.05, 0.1) is 6.04 Å². The van der Waals surface area contributed by atoms with Gasteiger partial charge >= 0.3 is 0 Å². The van der Waals surface area contributed by atoms with Crippen molar-refractivity contribution in [3.05, 3.63) is 69.5 Å². The van der Waals surface area contributed by atoms with Crippen LogP contribution < -0.4 is 11.3 Å². The Labute approximate surface area is 117 Å². The normalized spacial score (nSPS) is 12.5. The van der Waals surface area contributed by atoms with Crippen LogP contribution in [-0.2, 0) is 0 Å². The molecule has 0 radical (unpaired) electrons. The van der Waals surface area contributed by atoms with E-state index in [0.717, 1.165) is 16.7 Å². The summed E-state index contributed by atoms with van der Waals surface area (Å²) in [5.74, 6) is 5.33. The number of rotatable bonds is 3. The number of hydrazine groups is 1. The van der Waals surface area contributed by atoms with Crippen LogP contribution in [0.3, 0.4) is 0 Å². The highest BCUT2D eigenvalue weighted by atomic mass is 35.5. The average molecular weight is 279 g/mol. The fourth-order valence-electron chi connectivity index (χ4n) is 2.33. The highest BCUT2D eigenvalue weighted by molar-refractivity contribution is 6.31. The van der Waals surface area contributed by atoms with Crippen molar-refractivity contribution in [3.63, 3.8) is 0 Å². The maximum Gasteiger partial charge on any atom is 0.128 e. The molecule has 0 aliphatic rings. The molecule has 4 heteroatoms. The molecule has 0 aliphatic heterocycles. The largest absolute Gasteiger partial charge is 0.271 e. The van der Waals surface area contributed by atoms with Gasteiger partial charge in [-0.25, -0.2) is 9.82 Å². The van der Waals surface area contributed by atoms with E-state index in [-0.39, 0.29) is 5.82 Å². The lowest BCUT2D eigenvalue weighted by atomic mass is 9.93. The summed E-state index contributed by atoms with van der Waals surface area (Å²) in [5.41, 5.74) is 5.67. The summed E-state index contributed by atoms with van der Waals surface area (Å²) in [6.45, 7) is 3.73. The van der Waals surface area contributed by atoms with Crippen LogP contribution in [0.15, 0.2) is 36.4 Å². The maximum atomic E-state index is 14.2. The van der Waals surface area contributed by atoms with Gasteiger partial charge in [0.15, 0.2) is 0 Å². The van der Waals surface area contributed by atoms with Crippen molar-refractivity contribution in [1.82, 2.24) is 5.43 Å². The minimum Gasteiger partial charge on any atom is -0.271 e. The van der Waals surface area contributed by atoms with Gasteiger partial charge in [-0.3, -0.25) is 5.84 Å². The Bertz CT molecular complexity index is 575. The SMILES string of the molecule is Cc1cc(C)c(C(NN)c2ccccc2Cl)c(F)c1. The van der Waals surface area contributed by atoms with Crippen LogP contribution in [0.2, 0.25) is 5.02 Å². The smallest absolute Gasteiger partial charge is 0.128 e. The van der Waals surface area contributed by atoms with Crippen LogP contribution in [0.25, 0.3) is 0 Å². The number of hydrogen-bond acceptors (Lipinski definition) is 2. The van der Waals surface area contributed by atoms with Gasteiger partial charge in [-0.1, -0.05) is 35.9 Å². The Kier molecular flexibility index (Phi) is 4.20. The molecule has 0 aromatic heterocycles. The molecule has 2 nitrogen and oxygen atoms in total. The van der Waals surface area contributed by atoms with E-state index < -0.39 is 6.04 Å². The highest BCUT2D eigenvalue weighted by Crippen LogP contribution is 2.31. The third-order valence-corrected chi connectivity index (χ3v) is 3.50. The average Bonchev–Trinajstić information content (AvgIpc) is 2.34. The zero-order chi connectivity index (χ0) is 14.0. The number of nitrogens with one attached hydrogen (secondary N) is 1. The Balaban J connectivity index is 2.58. The molecule has 3 N–H and O–H groups in total. The number of aryl methyl sites for hydroxylation is 2. The number of hydrogen-bond donors (Lipinski definition) is 2. The summed E-state index contributed by atoms with van der Waals surface area (Å²) >= 11 is 6.17. The fourth-order valence-corrected chi connectivity index (χ4v) is 2.58. The van der Waals surface area contributed by atoms with Gasteiger partial charge in [0.25, 0.3) is 0 Å². The molecule has 1 unspecified atom stereocenters. The van der Waals surface area contributed by atoms with E-state index >= 15 is 0 Å². The Morgan fingerprint density at radius 1 is 1.21 bits per heavy atom. The molecule has 0 amide bonds. The van der Waals surface area contributed by atoms with Gasteiger partial charge in [-0.15, -0.1) is 0 Å². The monoisotopic (exact) mass is 278 g/mol. The zero-order valence-electron chi connectivity index (χ0n) is 10.9. The van der Waals surface area contributed by atoms with Gasteiger partial charge in [-0.05, 0) is 42.7 Å². The van der Waals surface area contributed by atoms with E-state index in [1.807, 2.05) is 38.1 Å². The molecule has 0 bridgehead atoms. The minimum atomic E-state index is -0.464. The summed E-state index contributed by atoms with van der Waals surface area (Å²) in [6.07, 6.45) is 0. The van der Waals surface area contributed by atoms with Crippen molar-refractivity contribution in [3.8, 4) is 0 Å². The first-order chi connectivity index (χ1) is 9.04. The molecule has 19 heavy (non-hydrogen) atoms. The zero-order valence-corrected chi connectivity index (χ0v) is 11.6. The van der Waals surface area contributed by atoms with Crippen LogP contribution >= 0.6 is 11.6 Å². The van der Waals surface area contributed by atoms with Gasteiger partial charge in [-0.2, -0.15) is 0 Å². The molecule has 100 valence electrons. The van der Waals surface area contributed by atoms with Gasteiger partial charge < -0.3 is 0 Å². The Morgan fingerprint density at radius 3 is 2.47 bits per heavy atom. The first-order valence-electron chi connectivity index (χ1n) is 6.01. The first-order valence-corrected chi connectivity index (χ1v) is 6.39. The number of nitrogens with two attached hydrogens (primary N) is 1. The standard InChI is InChI=1S/C15H16ClFN2/c1-9-7-10(2)14(13(17)8-9)15(19-18)11-5-3-4-6-12(11)16/h3-8,15,19H,18H2,1-2H3. The summed E-state index contributed by atoms with van der Waals surface area (Å²) in [5, 5.41) is 0.560. The van der Waals surface area contributed by atoms with Crippen LogP contribution in [0.4, 0.5) is 4.39 Å². The second-order valence-corrected chi connectivity index (χ2v) is 5.01. The predicted octanol–water partition coefficient (Wildman–Crippen LogP) is 3.65. The van der Waals surface area contributed by atoms with Gasteiger partial charge in [0.1, 0.15) is 5.82 Å². The number of benzene rings is 2. The lowest BCUT2D eigenvalue weighted by Gasteiger charge is -2.21. The Hall–Kier alpha value is -1.42. The third-order valence-electron chi connectivity index (χ3n) is 3.15. The van der Waals surface area contributed by atoms with E-state index in [2.05, 4.69) is 5.43 Å². The van der Waals surface area contributed by atoms with Crippen LogP contribution in [-0.4, -0.2) is 0 Å². The molecule has 2 aromatic carbocycles. The maximum absolute atomic E-state index is 14.2.